The minimum atomic E-state index is -1.05. The second-order valence-corrected chi connectivity index (χ2v) is 7.03. The van der Waals surface area contributed by atoms with Crippen molar-refractivity contribution in [2.24, 2.45) is 5.73 Å². The molecule has 1 heterocycles. The molecule has 2 aromatic rings. The Labute approximate surface area is 149 Å². The van der Waals surface area contributed by atoms with Crippen LogP contribution in [0.3, 0.4) is 0 Å². The van der Waals surface area contributed by atoms with Crippen LogP contribution in [0.1, 0.15) is 43.4 Å². The van der Waals surface area contributed by atoms with Crippen molar-refractivity contribution in [1.82, 2.24) is 4.90 Å². The first-order chi connectivity index (χ1) is 12.0. The Morgan fingerprint density at radius 1 is 1.20 bits per heavy atom. The molecule has 3 rings (SSSR count). The number of aliphatic hydroxyl groups excluding tert-OH is 1. The Balaban J connectivity index is 1.74. The SMILES string of the molecule is CC(N)(C(=O)N1CCCC1CC(O)c1ccccc1)c1ccccc1. The Hall–Kier alpha value is -2.17. The van der Waals surface area contributed by atoms with Gasteiger partial charge < -0.3 is 15.7 Å². The minimum absolute atomic E-state index is 0.0225. The van der Waals surface area contributed by atoms with E-state index in [9.17, 15) is 9.90 Å². The lowest BCUT2D eigenvalue weighted by atomic mass is 9.91. The lowest BCUT2D eigenvalue weighted by Crippen LogP contribution is -2.52. The molecule has 0 aromatic heterocycles. The van der Waals surface area contributed by atoms with Gasteiger partial charge in [0.2, 0.25) is 5.91 Å². The van der Waals surface area contributed by atoms with Crippen LogP contribution >= 0.6 is 0 Å². The van der Waals surface area contributed by atoms with Gasteiger partial charge in [0, 0.05) is 12.6 Å². The van der Waals surface area contributed by atoms with Gasteiger partial charge >= 0.3 is 0 Å². The molecule has 0 radical (unpaired) electrons. The van der Waals surface area contributed by atoms with Gasteiger partial charge in [-0.3, -0.25) is 4.79 Å². The third-order valence-corrected chi connectivity index (χ3v) is 5.14. The molecule has 1 amide bonds. The molecule has 1 fully saturated rings. The van der Waals surface area contributed by atoms with Gasteiger partial charge in [0.15, 0.2) is 0 Å². The number of aliphatic hydroxyl groups is 1. The lowest BCUT2D eigenvalue weighted by molar-refractivity contribution is -0.138. The number of rotatable bonds is 5. The first-order valence-corrected chi connectivity index (χ1v) is 8.88. The maximum absolute atomic E-state index is 13.1. The highest BCUT2D eigenvalue weighted by molar-refractivity contribution is 5.87. The normalized spacial score (nSPS) is 20.9. The van der Waals surface area contributed by atoms with Gasteiger partial charge in [0.1, 0.15) is 5.54 Å². The van der Waals surface area contributed by atoms with E-state index < -0.39 is 11.6 Å². The van der Waals surface area contributed by atoms with E-state index in [0.29, 0.717) is 13.0 Å². The number of carbonyl (C=O) groups excluding carboxylic acids is 1. The standard InChI is InChI=1S/C21H26N2O2/c1-21(22,17-11-6-3-7-12-17)20(25)23-14-8-13-18(23)15-19(24)16-9-4-2-5-10-16/h2-7,9-12,18-19,24H,8,13-15,22H2,1H3. The highest BCUT2D eigenvalue weighted by atomic mass is 16.3. The predicted octanol–water partition coefficient (Wildman–Crippen LogP) is 2.98. The maximum atomic E-state index is 13.1. The quantitative estimate of drug-likeness (QED) is 0.881. The molecule has 4 nitrogen and oxygen atoms in total. The van der Waals surface area contributed by atoms with E-state index in [1.165, 1.54) is 0 Å². The van der Waals surface area contributed by atoms with Crippen molar-refractivity contribution in [2.45, 2.75) is 43.9 Å². The summed E-state index contributed by atoms with van der Waals surface area (Å²) in [5, 5.41) is 10.5. The number of nitrogens with zero attached hydrogens (tertiary/aromatic N) is 1. The van der Waals surface area contributed by atoms with Gasteiger partial charge in [0.25, 0.3) is 0 Å². The van der Waals surface area contributed by atoms with E-state index in [1.807, 2.05) is 65.6 Å². The fraction of sp³-hybridized carbons (Fsp3) is 0.381. The van der Waals surface area contributed by atoms with E-state index in [1.54, 1.807) is 6.92 Å². The molecule has 4 heteroatoms. The van der Waals surface area contributed by atoms with E-state index in [4.69, 9.17) is 5.73 Å². The summed E-state index contributed by atoms with van der Waals surface area (Å²) < 4.78 is 0. The summed E-state index contributed by atoms with van der Waals surface area (Å²) in [5.74, 6) is -0.0681. The summed E-state index contributed by atoms with van der Waals surface area (Å²) >= 11 is 0. The first kappa shape index (κ1) is 17.6. The smallest absolute Gasteiger partial charge is 0.247 e. The van der Waals surface area contributed by atoms with Crippen LogP contribution in [0.5, 0.6) is 0 Å². The third kappa shape index (κ3) is 3.75. The second kappa shape index (κ2) is 7.38. The van der Waals surface area contributed by atoms with Crippen LogP contribution in [0.25, 0.3) is 0 Å². The van der Waals surface area contributed by atoms with E-state index in [-0.39, 0.29) is 11.9 Å². The van der Waals surface area contributed by atoms with Crippen LogP contribution in [0.2, 0.25) is 0 Å². The van der Waals surface area contributed by atoms with Crippen LogP contribution in [-0.4, -0.2) is 28.5 Å². The molecule has 1 aliphatic rings. The molecule has 0 spiro atoms. The summed E-state index contributed by atoms with van der Waals surface area (Å²) in [6.45, 7) is 2.47. The Kier molecular flexibility index (Phi) is 5.21. The lowest BCUT2D eigenvalue weighted by Gasteiger charge is -2.34. The van der Waals surface area contributed by atoms with E-state index in [0.717, 1.165) is 24.0 Å². The third-order valence-electron chi connectivity index (χ3n) is 5.14. The van der Waals surface area contributed by atoms with Crippen molar-refractivity contribution < 1.29 is 9.90 Å². The largest absolute Gasteiger partial charge is 0.388 e. The number of likely N-dealkylation sites (tertiary alicyclic amines) is 1. The number of amides is 1. The molecule has 0 saturated carbocycles. The zero-order valence-electron chi connectivity index (χ0n) is 14.6. The number of hydrogen-bond acceptors (Lipinski definition) is 3. The Morgan fingerprint density at radius 2 is 1.80 bits per heavy atom. The van der Waals surface area contributed by atoms with Gasteiger partial charge in [0.05, 0.1) is 6.10 Å². The molecule has 1 aliphatic heterocycles. The topological polar surface area (TPSA) is 66.6 Å². The zero-order valence-corrected chi connectivity index (χ0v) is 14.6. The first-order valence-electron chi connectivity index (χ1n) is 8.88. The fourth-order valence-electron chi connectivity index (χ4n) is 3.62. The molecule has 3 unspecified atom stereocenters. The summed E-state index contributed by atoms with van der Waals surface area (Å²) in [5.41, 5.74) is 7.06. The monoisotopic (exact) mass is 338 g/mol. The van der Waals surface area contributed by atoms with Crippen molar-refractivity contribution in [1.29, 1.82) is 0 Å². The van der Waals surface area contributed by atoms with Crippen molar-refractivity contribution in [3.05, 3.63) is 71.8 Å². The van der Waals surface area contributed by atoms with Crippen LogP contribution in [0, 0.1) is 0 Å². The number of carbonyl (C=O) groups is 1. The van der Waals surface area contributed by atoms with Crippen molar-refractivity contribution in [2.75, 3.05) is 6.54 Å². The van der Waals surface area contributed by atoms with Crippen molar-refractivity contribution in [3.63, 3.8) is 0 Å². The molecule has 25 heavy (non-hydrogen) atoms. The van der Waals surface area contributed by atoms with Gasteiger partial charge in [-0.25, -0.2) is 0 Å². The number of nitrogens with two attached hydrogens (primary N) is 1. The summed E-state index contributed by atoms with van der Waals surface area (Å²) in [4.78, 5) is 15.0. The van der Waals surface area contributed by atoms with Crippen LogP contribution in [-0.2, 0) is 10.3 Å². The minimum Gasteiger partial charge on any atom is -0.388 e. The second-order valence-electron chi connectivity index (χ2n) is 7.03. The maximum Gasteiger partial charge on any atom is 0.247 e. The van der Waals surface area contributed by atoms with Crippen molar-refractivity contribution in [3.8, 4) is 0 Å². The van der Waals surface area contributed by atoms with Gasteiger partial charge in [-0.05, 0) is 37.3 Å². The average molecular weight is 338 g/mol. The van der Waals surface area contributed by atoms with E-state index >= 15 is 0 Å². The number of benzene rings is 2. The molecular formula is C21H26N2O2. The summed E-state index contributed by atoms with van der Waals surface area (Å²) in [6, 6.07) is 19.1. The van der Waals surface area contributed by atoms with Crippen LogP contribution in [0.4, 0.5) is 0 Å². The summed E-state index contributed by atoms with van der Waals surface area (Å²) in [7, 11) is 0. The Morgan fingerprint density at radius 3 is 2.44 bits per heavy atom. The fourth-order valence-corrected chi connectivity index (χ4v) is 3.62. The van der Waals surface area contributed by atoms with Gasteiger partial charge in [-0.2, -0.15) is 0 Å². The molecule has 2 aromatic carbocycles. The number of hydrogen-bond donors (Lipinski definition) is 2. The average Bonchev–Trinajstić information content (AvgIpc) is 3.10. The molecule has 1 saturated heterocycles. The highest BCUT2D eigenvalue weighted by Crippen LogP contribution is 2.31. The van der Waals surface area contributed by atoms with E-state index in [2.05, 4.69) is 0 Å². The van der Waals surface area contributed by atoms with Crippen molar-refractivity contribution >= 4 is 5.91 Å². The highest BCUT2D eigenvalue weighted by Gasteiger charge is 2.39. The summed E-state index contributed by atoms with van der Waals surface area (Å²) in [6.07, 6.45) is 1.82. The van der Waals surface area contributed by atoms with Gasteiger partial charge in [-0.15, -0.1) is 0 Å². The molecule has 3 atom stereocenters. The molecule has 132 valence electrons. The van der Waals surface area contributed by atoms with Crippen LogP contribution in [0.15, 0.2) is 60.7 Å². The van der Waals surface area contributed by atoms with Crippen LogP contribution < -0.4 is 5.73 Å². The molecular weight excluding hydrogens is 312 g/mol. The zero-order chi connectivity index (χ0) is 17.9. The Bertz CT molecular complexity index is 700. The molecule has 0 aliphatic carbocycles. The molecule has 0 bridgehead atoms. The predicted molar refractivity (Wildman–Crippen MR) is 98.7 cm³/mol. The van der Waals surface area contributed by atoms with Gasteiger partial charge in [-0.1, -0.05) is 60.7 Å². The molecule has 3 N–H and O–H groups in total.